The molecule has 0 saturated carbocycles. The van der Waals surface area contributed by atoms with Crippen molar-refractivity contribution in [3.8, 4) is 0 Å². The lowest BCUT2D eigenvalue weighted by Gasteiger charge is -1.93. The van der Waals surface area contributed by atoms with Gasteiger partial charge < -0.3 is 8.83 Å². The van der Waals surface area contributed by atoms with Crippen molar-refractivity contribution in [3.05, 3.63) is 47.8 Å². The summed E-state index contributed by atoms with van der Waals surface area (Å²) in [5, 5.41) is 0. The second-order valence-corrected chi connectivity index (χ2v) is 2.78. The molecule has 2 rings (SSSR count). The molecule has 12 heavy (non-hydrogen) atoms. The van der Waals surface area contributed by atoms with Crippen LogP contribution in [-0.2, 0) is 6.42 Å². The lowest BCUT2D eigenvalue weighted by Crippen LogP contribution is -1.84. The standard InChI is InChI=1S/C10H10O2/c1-8-4-6-12-10(8)7-9-3-2-5-11-9/h2-6H,7H2,1H3. The Hall–Kier alpha value is -1.44. The van der Waals surface area contributed by atoms with Gasteiger partial charge in [-0.15, -0.1) is 0 Å². The Morgan fingerprint density at radius 2 is 2.08 bits per heavy atom. The predicted molar refractivity (Wildman–Crippen MR) is 45.0 cm³/mol. The minimum atomic E-state index is 0.742. The van der Waals surface area contributed by atoms with E-state index in [9.17, 15) is 0 Å². The molecule has 0 aliphatic carbocycles. The fraction of sp³-hybridized carbons (Fsp3) is 0.200. The second-order valence-electron chi connectivity index (χ2n) is 2.78. The van der Waals surface area contributed by atoms with Crippen molar-refractivity contribution < 1.29 is 8.83 Å². The maximum atomic E-state index is 5.28. The van der Waals surface area contributed by atoms with E-state index >= 15 is 0 Å². The molecular formula is C10H10O2. The fourth-order valence-corrected chi connectivity index (χ4v) is 1.16. The molecule has 0 fully saturated rings. The summed E-state index contributed by atoms with van der Waals surface area (Å²) in [7, 11) is 0. The van der Waals surface area contributed by atoms with Crippen LogP contribution < -0.4 is 0 Å². The highest BCUT2D eigenvalue weighted by molar-refractivity contribution is 5.19. The highest BCUT2D eigenvalue weighted by Gasteiger charge is 2.04. The Kier molecular flexibility index (Phi) is 1.74. The quantitative estimate of drug-likeness (QED) is 0.678. The molecule has 2 heterocycles. The van der Waals surface area contributed by atoms with Gasteiger partial charge >= 0.3 is 0 Å². The third-order valence-corrected chi connectivity index (χ3v) is 1.88. The van der Waals surface area contributed by atoms with E-state index in [-0.39, 0.29) is 0 Å². The largest absolute Gasteiger partial charge is 0.469 e. The van der Waals surface area contributed by atoms with Gasteiger partial charge in [0.15, 0.2) is 0 Å². The van der Waals surface area contributed by atoms with E-state index in [1.165, 1.54) is 5.56 Å². The van der Waals surface area contributed by atoms with Crippen LogP contribution in [0.2, 0.25) is 0 Å². The van der Waals surface area contributed by atoms with Crippen molar-refractivity contribution >= 4 is 0 Å². The van der Waals surface area contributed by atoms with Gasteiger partial charge in [0.05, 0.1) is 18.9 Å². The molecule has 62 valence electrons. The fourth-order valence-electron chi connectivity index (χ4n) is 1.16. The summed E-state index contributed by atoms with van der Waals surface area (Å²) in [5.74, 6) is 1.91. The minimum absolute atomic E-state index is 0.742. The van der Waals surface area contributed by atoms with Gasteiger partial charge in [-0.05, 0) is 30.7 Å². The van der Waals surface area contributed by atoms with Crippen molar-refractivity contribution in [3.63, 3.8) is 0 Å². The molecule has 0 aliphatic rings. The average molecular weight is 162 g/mol. The van der Waals surface area contributed by atoms with Crippen molar-refractivity contribution in [2.45, 2.75) is 13.3 Å². The first-order valence-electron chi connectivity index (χ1n) is 3.91. The lowest BCUT2D eigenvalue weighted by molar-refractivity contribution is 0.473. The SMILES string of the molecule is Cc1ccoc1Cc1ccco1. The van der Waals surface area contributed by atoms with Crippen molar-refractivity contribution in [2.75, 3.05) is 0 Å². The monoisotopic (exact) mass is 162 g/mol. The summed E-state index contributed by atoms with van der Waals surface area (Å²) in [4.78, 5) is 0. The van der Waals surface area contributed by atoms with Crippen LogP contribution in [-0.4, -0.2) is 0 Å². The molecule has 0 aromatic carbocycles. The van der Waals surface area contributed by atoms with Crippen LogP contribution >= 0.6 is 0 Å². The van der Waals surface area contributed by atoms with E-state index in [4.69, 9.17) is 8.83 Å². The van der Waals surface area contributed by atoms with Crippen LogP contribution in [0, 0.1) is 6.92 Å². The van der Waals surface area contributed by atoms with Gasteiger partial charge in [0.2, 0.25) is 0 Å². The van der Waals surface area contributed by atoms with Gasteiger partial charge in [0.25, 0.3) is 0 Å². The Bertz CT molecular complexity index is 344. The first-order chi connectivity index (χ1) is 5.86. The smallest absolute Gasteiger partial charge is 0.114 e. The normalized spacial score (nSPS) is 10.4. The van der Waals surface area contributed by atoms with Crippen LogP contribution in [0.1, 0.15) is 17.1 Å². The lowest BCUT2D eigenvalue weighted by atomic mass is 10.2. The Labute approximate surface area is 70.8 Å². The van der Waals surface area contributed by atoms with E-state index in [1.54, 1.807) is 12.5 Å². The molecule has 0 radical (unpaired) electrons. The highest BCUT2D eigenvalue weighted by Crippen LogP contribution is 2.14. The van der Waals surface area contributed by atoms with Crippen LogP contribution in [0.15, 0.2) is 39.6 Å². The van der Waals surface area contributed by atoms with Gasteiger partial charge in [-0.3, -0.25) is 0 Å². The molecule has 0 amide bonds. The van der Waals surface area contributed by atoms with Gasteiger partial charge in [-0.2, -0.15) is 0 Å². The van der Waals surface area contributed by atoms with E-state index in [1.807, 2.05) is 25.1 Å². The molecule has 0 aliphatic heterocycles. The van der Waals surface area contributed by atoms with E-state index in [0.717, 1.165) is 17.9 Å². The number of hydrogen-bond donors (Lipinski definition) is 0. The minimum Gasteiger partial charge on any atom is -0.469 e. The van der Waals surface area contributed by atoms with Crippen molar-refractivity contribution in [1.82, 2.24) is 0 Å². The van der Waals surface area contributed by atoms with Crippen LogP contribution in [0.5, 0.6) is 0 Å². The topological polar surface area (TPSA) is 26.3 Å². The molecule has 2 nitrogen and oxygen atoms in total. The number of hydrogen-bond acceptors (Lipinski definition) is 2. The van der Waals surface area contributed by atoms with Crippen LogP contribution in [0.4, 0.5) is 0 Å². The maximum Gasteiger partial charge on any atom is 0.114 e. The third kappa shape index (κ3) is 1.28. The molecule has 0 atom stereocenters. The first kappa shape index (κ1) is 7.22. The molecule has 2 aromatic heterocycles. The molecule has 2 heteroatoms. The second kappa shape index (κ2) is 2.89. The van der Waals surface area contributed by atoms with E-state index in [2.05, 4.69) is 0 Å². The molecule has 2 aromatic rings. The zero-order chi connectivity index (χ0) is 8.39. The molecule has 0 N–H and O–H groups in total. The molecule has 0 unspecified atom stereocenters. The van der Waals surface area contributed by atoms with Crippen molar-refractivity contribution in [1.29, 1.82) is 0 Å². The number of rotatable bonds is 2. The predicted octanol–water partition coefficient (Wildman–Crippen LogP) is 2.77. The van der Waals surface area contributed by atoms with E-state index < -0.39 is 0 Å². The van der Waals surface area contributed by atoms with Gasteiger partial charge in [-0.25, -0.2) is 0 Å². The van der Waals surface area contributed by atoms with Gasteiger partial charge in [0.1, 0.15) is 11.5 Å². The Balaban J connectivity index is 2.20. The number of aryl methyl sites for hydroxylation is 1. The Morgan fingerprint density at radius 1 is 1.17 bits per heavy atom. The summed E-state index contributed by atoms with van der Waals surface area (Å²) in [6, 6.07) is 5.79. The zero-order valence-corrected chi connectivity index (χ0v) is 6.91. The summed E-state index contributed by atoms with van der Waals surface area (Å²) < 4.78 is 10.5. The van der Waals surface area contributed by atoms with Gasteiger partial charge in [-0.1, -0.05) is 0 Å². The molecular weight excluding hydrogens is 152 g/mol. The molecule has 0 spiro atoms. The van der Waals surface area contributed by atoms with Gasteiger partial charge in [0, 0.05) is 0 Å². The average Bonchev–Trinajstić information content (AvgIpc) is 2.65. The van der Waals surface area contributed by atoms with E-state index in [0.29, 0.717) is 0 Å². The van der Waals surface area contributed by atoms with Crippen molar-refractivity contribution in [2.24, 2.45) is 0 Å². The van der Waals surface area contributed by atoms with Crippen LogP contribution in [0.3, 0.4) is 0 Å². The summed E-state index contributed by atoms with van der Waals surface area (Å²) >= 11 is 0. The first-order valence-corrected chi connectivity index (χ1v) is 3.91. The highest BCUT2D eigenvalue weighted by atomic mass is 16.3. The summed E-state index contributed by atoms with van der Waals surface area (Å²) in [5.41, 5.74) is 1.17. The zero-order valence-electron chi connectivity index (χ0n) is 6.91. The van der Waals surface area contributed by atoms with Crippen LogP contribution in [0.25, 0.3) is 0 Å². The molecule has 0 saturated heterocycles. The molecule has 0 bridgehead atoms. The maximum absolute atomic E-state index is 5.28. The number of furan rings is 2. The summed E-state index contributed by atoms with van der Waals surface area (Å²) in [6.45, 7) is 2.03. The Morgan fingerprint density at radius 3 is 2.67 bits per heavy atom. The third-order valence-electron chi connectivity index (χ3n) is 1.88. The summed E-state index contributed by atoms with van der Waals surface area (Å²) in [6.07, 6.45) is 4.12.